The van der Waals surface area contributed by atoms with Crippen LogP contribution in [0.25, 0.3) is 10.1 Å². The Morgan fingerprint density at radius 1 is 0.867 bits per heavy atom. The van der Waals surface area contributed by atoms with E-state index in [1.165, 1.54) is 16.2 Å². The zero-order chi connectivity index (χ0) is 20.9. The second-order valence-corrected chi connectivity index (χ2v) is 10.0. The maximum absolute atomic E-state index is 13.6. The van der Waals surface area contributed by atoms with Gasteiger partial charge in [0.15, 0.2) is 5.72 Å². The number of carbonyl (C=O) groups excluding carboxylic acids is 1. The summed E-state index contributed by atoms with van der Waals surface area (Å²) >= 11 is 8.39. The van der Waals surface area contributed by atoms with Gasteiger partial charge >= 0.3 is 6.03 Å². The first-order valence-corrected chi connectivity index (χ1v) is 11.7. The maximum Gasteiger partial charge on any atom is 0.331 e. The van der Waals surface area contributed by atoms with Crippen LogP contribution >= 0.6 is 43.2 Å². The molecule has 3 aromatic carbocycles. The highest BCUT2D eigenvalue weighted by Gasteiger charge is 2.52. The Bertz CT molecular complexity index is 1210. The Morgan fingerprint density at radius 2 is 1.47 bits per heavy atom. The van der Waals surface area contributed by atoms with E-state index in [2.05, 4.69) is 31.9 Å². The number of thiophene rings is 1. The van der Waals surface area contributed by atoms with Crippen molar-refractivity contribution in [3.8, 4) is 0 Å². The van der Waals surface area contributed by atoms with Crippen molar-refractivity contribution in [1.82, 2.24) is 0 Å². The first-order chi connectivity index (χ1) is 14.5. The smallest absolute Gasteiger partial charge is 0.331 e. The molecule has 1 atom stereocenters. The summed E-state index contributed by atoms with van der Waals surface area (Å²) in [6.45, 7) is 0.135. The second kappa shape index (κ2) is 7.50. The molecule has 4 aromatic rings. The fourth-order valence-electron chi connectivity index (χ4n) is 3.74. The van der Waals surface area contributed by atoms with E-state index in [4.69, 9.17) is 0 Å². The van der Waals surface area contributed by atoms with Gasteiger partial charge in [0.2, 0.25) is 0 Å². The second-order valence-electron chi connectivity index (χ2n) is 7.12. The van der Waals surface area contributed by atoms with E-state index < -0.39 is 5.72 Å². The van der Waals surface area contributed by atoms with E-state index in [9.17, 15) is 9.90 Å². The molecule has 1 aromatic heterocycles. The minimum atomic E-state index is -1.48. The number of urea groups is 1. The quantitative estimate of drug-likeness (QED) is 0.312. The number of carbonyl (C=O) groups is 1. The third kappa shape index (κ3) is 3.26. The standard InChI is InChI=1S/C23H16Br2N2O2S/c24-16-5-9-18(10-6-16)26-14-23(29,21-13-15-3-1-2-4-20(15)30-21)27(22(26)28)19-11-7-17(25)8-12-19/h1-13,29H,14H2. The molecule has 150 valence electrons. The normalized spacial score (nSPS) is 19.1. The Morgan fingerprint density at radius 3 is 2.10 bits per heavy atom. The minimum absolute atomic E-state index is 0.135. The molecule has 1 unspecified atom stereocenters. The van der Waals surface area contributed by atoms with Gasteiger partial charge in [-0.3, -0.25) is 9.80 Å². The first kappa shape index (κ1) is 19.8. The highest BCUT2D eigenvalue weighted by atomic mass is 79.9. The van der Waals surface area contributed by atoms with E-state index in [0.29, 0.717) is 5.69 Å². The zero-order valence-electron chi connectivity index (χ0n) is 15.6. The summed E-state index contributed by atoms with van der Waals surface area (Å²) in [7, 11) is 0. The lowest BCUT2D eigenvalue weighted by Gasteiger charge is -2.31. The van der Waals surface area contributed by atoms with Gasteiger partial charge in [0.25, 0.3) is 0 Å². The molecule has 0 aliphatic carbocycles. The van der Waals surface area contributed by atoms with Gasteiger partial charge in [0.05, 0.1) is 11.4 Å². The highest BCUT2D eigenvalue weighted by Crippen LogP contribution is 2.44. The van der Waals surface area contributed by atoms with Crippen molar-refractivity contribution in [2.45, 2.75) is 5.72 Å². The van der Waals surface area contributed by atoms with Gasteiger partial charge < -0.3 is 5.11 Å². The highest BCUT2D eigenvalue weighted by molar-refractivity contribution is 9.10. The van der Waals surface area contributed by atoms with Crippen LogP contribution in [0.4, 0.5) is 16.2 Å². The molecule has 1 fully saturated rings. The van der Waals surface area contributed by atoms with Gasteiger partial charge in [-0.2, -0.15) is 0 Å². The Hall–Kier alpha value is -2.19. The Balaban J connectivity index is 1.66. The zero-order valence-corrected chi connectivity index (χ0v) is 19.6. The van der Waals surface area contributed by atoms with Crippen molar-refractivity contribution < 1.29 is 9.90 Å². The number of hydrogen-bond acceptors (Lipinski definition) is 3. The maximum atomic E-state index is 13.6. The van der Waals surface area contributed by atoms with Gasteiger partial charge in [-0.1, -0.05) is 50.1 Å². The summed E-state index contributed by atoms with van der Waals surface area (Å²) in [4.78, 5) is 17.4. The number of rotatable bonds is 3. The van der Waals surface area contributed by atoms with Crippen LogP contribution < -0.4 is 9.80 Å². The summed E-state index contributed by atoms with van der Waals surface area (Å²) in [5.74, 6) is 0. The molecule has 4 nitrogen and oxygen atoms in total. The number of fused-ring (bicyclic) bond motifs is 1. The van der Waals surface area contributed by atoms with Crippen molar-refractivity contribution in [1.29, 1.82) is 0 Å². The van der Waals surface area contributed by atoms with Crippen molar-refractivity contribution in [3.63, 3.8) is 0 Å². The van der Waals surface area contributed by atoms with E-state index in [-0.39, 0.29) is 12.6 Å². The van der Waals surface area contributed by atoms with E-state index in [0.717, 1.165) is 29.6 Å². The number of halogens is 2. The number of β-amino-alcohol motifs (C(OH)–C–C–N with tert-alkyl or cyclic N) is 1. The van der Waals surface area contributed by atoms with E-state index in [1.54, 1.807) is 4.90 Å². The van der Waals surface area contributed by atoms with E-state index >= 15 is 0 Å². The molecular weight excluding hydrogens is 528 g/mol. The molecular formula is C23H16Br2N2O2S. The van der Waals surface area contributed by atoms with Crippen molar-refractivity contribution in [3.05, 3.63) is 92.7 Å². The number of anilines is 2. The molecule has 2 amide bonds. The number of benzene rings is 3. The fraction of sp³-hybridized carbons (Fsp3) is 0.0870. The Kier molecular flexibility index (Phi) is 4.94. The average Bonchev–Trinajstić information content (AvgIpc) is 3.30. The number of aliphatic hydroxyl groups is 1. The molecule has 1 aliphatic rings. The van der Waals surface area contributed by atoms with Gasteiger partial charge in [-0.05, 0) is 66.0 Å². The van der Waals surface area contributed by atoms with Crippen LogP contribution in [0.5, 0.6) is 0 Å². The molecule has 1 N–H and O–H groups in total. The molecule has 0 radical (unpaired) electrons. The summed E-state index contributed by atoms with van der Waals surface area (Å²) in [6, 6.07) is 24.7. The summed E-state index contributed by atoms with van der Waals surface area (Å²) in [5.41, 5.74) is -0.105. The SMILES string of the molecule is O=C1N(c2ccc(Br)cc2)CC(O)(c2cc3ccccc3s2)N1c1ccc(Br)cc1. The lowest BCUT2D eigenvalue weighted by molar-refractivity contribution is 0.0694. The Labute approximate surface area is 194 Å². The van der Waals surface area contributed by atoms with Crippen LogP contribution in [0.2, 0.25) is 0 Å². The topological polar surface area (TPSA) is 43.8 Å². The van der Waals surface area contributed by atoms with Crippen LogP contribution in [0.1, 0.15) is 4.88 Å². The molecule has 2 heterocycles. The molecule has 0 saturated carbocycles. The number of hydrogen-bond donors (Lipinski definition) is 1. The summed E-state index contributed by atoms with van der Waals surface area (Å²) in [5, 5.41) is 13.0. The van der Waals surface area contributed by atoms with Crippen molar-refractivity contribution in [2.75, 3.05) is 16.3 Å². The van der Waals surface area contributed by atoms with Crippen LogP contribution in [0, 0.1) is 0 Å². The monoisotopic (exact) mass is 542 g/mol. The van der Waals surface area contributed by atoms with Crippen LogP contribution in [-0.2, 0) is 5.72 Å². The lowest BCUT2D eigenvalue weighted by atomic mass is 10.1. The van der Waals surface area contributed by atoms with Gasteiger partial charge in [-0.25, -0.2) is 4.79 Å². The fourth-order valence-corrected chi connectivity index (χ4v) is 5.40. The number of nitrogens with zero attached hydrogens (tertiary/aromatic N) is 2. The molecule has 5 rings (SSSR count). The van der Waals surface area contributed by atoms with Gasteiger partial charge in [0, 0.05) is 25.0 Å². The van der Waals surface area contributed by atoms with E-state index in [1.807, 2.05) is 78.9 Å². The molecule has 7 heteroatoms. The van der Waals surface area contributed by atoms with Crippen molar-refractivity contribution >= 4 is 70.7 Å². The predicted octanol–water partition coefficient (Wildman–Crippen LogP) is 6.72. The van der Waals surface area contributed by atoms with Crippen molar-refractivity contribution in [2.24, 2.45) is 0 Å². The molecule has 0 spiro atoms. The predicted molar refractivity (Wildman–Crippen MR) is 129 cm³/mol. The van der Waals surface area contributed by atoms with Crippen LogP contribution in [-0.4, -0.2) is 17.7 Å². The summed E-state index contributed by atoms with van der Waals surface area (Å²) < 4.78 is 2.92. The molecule has 1 saturated heterocycles. The van der Waals surface area contributed by atoms with Gasteiger partial charge in [0.1, 0.15) is 0 Å². The molecule has 0 bridgehead atoms. The summed E-state index contributed by atoms with van der Waals surface area (Å²) in [6.07, 6.45) is 0. The molecule has 30 heavy (non-hydrogen) atoms. The molecule has 1 aliphatic heterocycles. The van der Waals surface area contributed by atoms with Gasteiger partial charge in [-0.15, -0.1) is 11.3 Å². The van der Waals surface area contributed by atoms with Crippen LogP contribution in [0.15, 0.2) is 87.8 Å². The average molecular weight is 544 g/mol. The first-order valence-electron chi connectivity index (χ1n) is 9.30. The number of amides is 2. The third-order valence-corrected chi connectivity index (χ3v) is 7.53. The third-order valence-electron chi connectivity index (χ3n) is 5.21. The van der Waals surface area contributed by atoms with Crippen LogP contribution in [0.3, 0.4) is 0 Å². The largest absolute Gasteiger partial charge is 0.364 e. The lowest BCUT2D eigenvalue weighted by Crippen LogP contribution is -2.44. The minimum Gasteiger partial charge on any atom is -0.364 e.